The first-order chi connectivity index (χ1) is 13.3. The van der Waals surface area contributed by atoms with Gasteiger partial charge in [0.15, 0.2) is 9.84 Å². The maximum atomic E-state index is 12.0. The summed E-state index contributed by atoms with van der Waals surface area (Å²) in [6, 6.07) is 12.2. The van der Waals surface area contributed by atoms with Gasteiger partial charge in [-0.25, -0.2) is 23.4 Å². The number of hydrogen-bond donors (Lipinski definition) is 3. The van der Waals surface area contributed by atoms with Crippen LogP contribution in [-0.2, 0) is 15.4 Å². The Hall–Kier alpha value is -3.04. The van der Waals surface area contributed by atoms with Crippen molar-refractivity contribution in [1.82, 2.24) is 15.0 Å². The number of hydrogen-bond acceptors (Lipinski definition) is 8. The number of para-hydroxylation sites is 1. The molecule has 0 bridgehead atoms. The van der Waals surface area contributed by atoms with E-state index < -0.39 is 9.84 Å². The number of nitrogens with zero attached hydrogens (tertiary/aromatic N) is 3. The SMILES string of the molecule is CS(=O)(=O)c1ccccc1Nc1cc(Nc2ccc(C3(N)CC3)cn2)ncn1. The van der Waals surface area contributed by atoms with Crippen molar-refractivity contribution in [3.05, 3.63) is 60.6 Å². The number of anilines is 4. The molecular formula is C19H20N6O2S. The molecule has 1 fully saturated rings. The fourth-order valence-corrected chi connectivity index (χ4v) is 3.69. The van der Waals surface area contributed by atoms with Gasteiger partial charge in [-0.2, -0.15) is 0 Å². The van der Waals surface area contributed by atoms with E-state index in [4.69, 9.17) is 5.73 Å². The highest BCUT2D eigenvalue weighted by molar-refractivity contribution is 7.90. The average Bonchev–Trinajstić information content (AvgIpc) is 3.41. The summed E-state index contributed by atoms with van der Waals surface area (Å²) in [6.45, 7) is 0. The highest BCUT2D eigenvalue weighted by Gasteiger charge is 2.40. The smallest absolute Gasteiger partial charge is 0.177 e. The van der Waals surface area contributed by atoms with Crippen LogP contribution in [0, 0.1) is 0 Å². The Kier molecular flexibility index (Phi) is 4.48. The third-order valence-electron chi connectivity index (χ3n) is 4.60. The minimum absolute atomic E-state index is 0.205. The number of nitrogens with two attached hydrogens (primary N) is 1. The van der Waals surface area contributed by atoms with Crippen LogP contribution in [0.25, 0.3) is 0 Å². The molecular weight excluding hydrogens is 376 g/mol. The molecule has 0 radical (unpaired) electrons. The third-order valence-corrected chi connectivity index (χ3v) is 5.75. The van der Waals surface area contributed by atoms with Gasteiger partial charge < -0.3 is 16.4 Å². The van der Waals surface area contributed by atoms with E-state index in [0.717, 1.165) is 18.4 Å². The van der Waals surface area contributed by atoms with Gasteiger partial charge in [0.25, 0.3) is 0 Å². The lowest BCUT2D eigenvalue weighted by atomic mass is 10.1. The predicted octanol–water partition coefficient (Wildman–Crippen LogP) is 2.71. The molecule has 144 valence electrons. The summed E-state index contributed by atoms with van der Waals surface area (Å²) in [5.74, 6) is 1.63. The van der Waals surface area contributed by atoms with Gasteiger partial charge in [-0.15, -0.1) is 0 Å². The van der Waals surface area contributed by atoms with Crippen molar-refractivity contribution in [1.29, 1.82) is 0 Å². The lowest BCUT2D eigenvalue weighted by Crippen LogP contribution is -2.18. The van der Waals surface area contributed by atoms with Crippen LogP contribution in [0.3, 0.4) is 0 Å². The van der Waals surface area contributed by atoms with Crippen molar-refractivity contribution < 1.29 is 8.42 Å². The van der Waals surface area contributed by atoms with Gasteiger partial charge in [-0.05, 0) is 36.6 Å². The van der Waals surface area contributed by atoms with Crippen LogP contribution in [0.15, 0.2) is 59.9 Å². The second-order valence-electron chi connectivity index (χ2n) is 6.90. The summed E-state index contributed by atoms with van der Waals surface area (Å²) in [7, 11) is -3.37. The fourth-order valence-electron chi connectivity index (χ4n) is 2.84. The van der Waals surface area contributed by atoms with Gasteiger partial charge in [0, 0.05) is 24.1 Å². The molecule has 2 aromatic heterocycles. The molecule has 0 spiro atoms. The minimum Gasteiger partial charge on any atom is -0.339 e. The van der Waals surface area contributed by atoms with E-state index in [1.807, 2.05) is 12.1 Å². The van der Waals surface area contributed by atoms with Crippen molar-refractivity contribution >= 4 is 33.0 Å². The van der Waals surface area contributed by atoms with Crippen molar-refractivity contribution in [3.63, 3.8) is 0 Å². The Morgan fingerprint density at radius 1 is 0.964 bits per heavy atom. The molecule has 0 unspecified atom stereocenters. The molecule has 1 aliphatic rings. The second kappa shape index (κ2) is 6.84. The Labute approximate surface area is 163 Å². The quantitative estimate of drug-likeness (QED) is 0.581. The zero-order chi connectivity index (χ0) is 19.8. The zero-order valence-electron chi connectivity index (χ0n) is 15.3. The van der Waals surface area contributed by atoms with Crippen LogP contribution in [0.5, 0.6) is 0 Å². The predicted molar refractivity (Wildman–Crippen MR) is 107 cm³/mol. The molecule has 2 heterocycles. The lowest BCUT2D eigenvalue weighted by molar-refractivity contribution is 0.602. The Morgan fingerprint density at radius 3 is 2.32 bits per heavy atom. The number of nitrogens with one attached hydrogen (secondary N) is 2. The fraction of sp³-hybridized carbons (Fsp3) is 0.211. The lowest BCUT2D eigenvalue weighted by Gasteiger charge is -2.12. The molecule has 0 saturated heterocycles. The van der Waals surface area contributed by atoms with E-state index in [1.165, 1.54) is 12.6 Å². The molecule has 0 atom stereocenters. The third kappa shape index (κ3) is 3.95. The minimum atomic E-state index is -3.37. The first-order valence-electron chi connectivity index (χ1n) is 8.74. The molecule has 1 aromatic carbocycles. The van der Waals surface area contributed by atoms with Crippen LogP contribution >= 0.6 is 0 Å². The van der Waals surface area contributed by atoms with Gasteiger partial charge in [-0.3, -0.25) is 0 Å². The van der Waals surface area contributed by atoms with E-state index in [0.29, 0.717) is 23.1 Å². The molecule has 0 amide bonds. The number of pyridine rings is 1. The van der Waals surface area contributed by atoms with Gasteiger partial charge in [0.1, 0.15) is 23.8 Å². The van der Waals surface area contributed by atoms with Crippen molar-refractivity contribution in [2.24, 2.45) is 5.73 Å². The molecule has 4 N–H and O–H groups in total. The largest absolute Gasteiger partial charge is 0.339 e. The first kappa shape index (κ1) is 18.3. The zero-order valence-corrected chi connectivity index (χ0v) is 16.1. The van der Waals surface area contributed by atoms with E-state index >= 15 is 0 Å². The van der Waals surface area contributed by atoms with Gasteiger partial charge in [0.05, 0.1) is 10.6 Å². The number of benzene rings is 1. The Bertz CT molecular complexity index is 1110. The maximum absolute atomic E-state index is 12.0. The molecule has 1 aliphatic carbocycles. The van der Waals surface area contributed by atoms with E-state index in [-0.39, 0.29) is 10.4 Å². The molecule has 1 saturated carbocycles. The molecule has 9 heteroatoms. The first-order valence-corrected chi connectivity index (χ1v) is 10.6. The number of rotatable bonds is 6. The van der Waals surface area contributed by atoms with Crippen LogP contribution in [0.4, 0.5) is 23.1 Å². The van der Waals surface area contributed by atoms with E-state index in [1.54, 1.807) is 36.5 Å². The van der Waals surface area contributed by atoms with Crippen molar-refractivity contribution in [2.45, 2.75) is 23.3 Å². The van der Waals surface area contributed by atoms with Crippen molar-refractivity contribution in [2.75, 3.05) is 16.9 Å². The number of sulfone groups is 1. The molecule has 8 nitrogen and oxygen atoms in total. The Morgan fingerprint density at radius 2 is 1.68 bits per heavy atom. The summed E-state index contributed by atoms with van der Waals surface area (Å²) in [5, 5.41) is 6.15. The molecule has 28 heavy (non-hydrogen) atoms. The van der Waals surface area contributed by atoms with Gasteiger partial charge in [-0.1, -0.05) is 18.2 Å². The highest BCUT2D eigenvalue weighted by atomic mass is 32.2. The van der Waals surface area contributed by atoms with Gasteiger partial charge in [0.2, 0.25) is 0 Å². The highest BCUT2D eigenvalue weighted by Crippen LogP contribution is 2.42. The van der Waals surface area contributed by atoms with E-state index in [9.17, 15) is 8.42 Å². The topological polar surface area (TPSA) is 123 Å². The van der Waals surface area contributed by atoms with Crippen LogP contribution in [-0.4, -0.2) is 29.6 Å². The van der Waals surface area contributed by atoms with Gasteiger partial charge >= 0.3 is 0 Å². The molecule has 0 aliphatic heterocycles. The van der Waals surface area contributed by atoms with Crippen LogP contribution < -0.4 is 16.4 Å². The molecule has 3 aromatic rings. The summed E-state index contributed by atoms with van der Waals surface area (Å²) in [6.07, 6.45) is 6.30. The van der Waals surface area contributed by atoms with E-state index in [2.05, 4.69) is 25.6 Å². The monoisotopic (exact) mass is 396 g/mol. The second-order valence-corrected chi connectivity index (χ2v) is 8.88. The average molecular weight is 396 g/mol. The van der Waals surface area contributed by atoms with Crippen molar-refractivity contribution in [3.8, 4) is 0 Å². The summed E-state index contributed by atoms with van der Waals surface area (Å²) >= 11 is 0. The standard InChI is InChI=1S/C19H20N6O2S/c1-28(26,27)15-5-3-2-4-14(15)24-17-10-18(23-12-22-17)25-16-7-6-13(11-21-16)19(20)8-9-19/h2-7,10-12H,8-9,20H2,1H3,(H2,21,22,23,24,25). The van der Waals surface area contributed by atoms with Crippen LogP contribution in [0.1, 0.15) is 18.4 Å². The maximum Gasteiger partial charge on any atom is 0.177 e. The Balaban J connectivity index is 1.52. The summed E-state index contributed by atoms with van der Waals surface area (Å²) in [5.41, 5.74) is 7.44. The molecule has 4 rings (SSSR count). The summed E-state index contributed by atoms with van der Waals surface area (Å²) < 4.78 is 23.9. The normalized spacial score (nSPS) is 15.1. The van der Waals surface area contributed by atoms with Crippen LogP contribution in [0.2, 0.25) is 0 Å². The summed E-state index contributed by atoms with van der Waals surface area (Å²) in [4.78, 5) is 12.9. The number of aromatic nitrogens is 3.